The van der Waals surface area contributed by atoms with Gasteiger partial charge in [0.25, 0.3) is 0 Å². The highest BCUT2D eigenvalue weighted by molar-refractivity contribution is 7.14. The van der Waals surface area contributed by atoms with Gasteiger partial charge in [-0.3, -0.25) is 9.59 Å². The maximum atomic E-state index is 13.9. The van der Waals surface area contributed by atoms with Gasteiger partial charge in [0, 0.05) is 11.1 Å². The first-order chi connectivity index (χ1) is 14.4. The Morgan fingerprint density at radius 2 is 1.93 bits per heavy atom. The van der Waals surface area contributed by atoms with Crippen molar-refractivity contribution in [1.82, 2.24) is 10.2 Å². The second-order valence-electron chi connectivity index (χ2n) is 5.85. The molecule has 2 aromatic carbocycles. The molecule has 1 heterocycles. The number of alkyl halides is 3. The van der Waals surface area contributed by atoms with E-state index in [-0.39, 0.29) is 29.0 Å². The second-order valence-corrected chi connectivity index (χ2v) is 7.18. The zero-order chi connectivity index (χ0) is 21.7. The summed E-state index contributed by atoms with van der Waals surface area (Å²) in [7, 11) is 0. The van der Waals surface area contributed by atoms with Crippen LogP contribution in [-0.4, -0.2) is 34.4 Å². The number of anilines is 1. The van der Waals surface area contributed by atoms with E-state index in [4.69, 9.17) is 11.6 Å². The summed E-state index contributed by atoms with van der Waals surface area (Å²) in [5.74, 6) is -2.23. The Morgan fingerprint density at radius 3 is 2.63 bits per heavy atom. The number of hydrogen-bond acceptors (Lipinski definition) is 6. The minimum Gasteiger partial charge on any atom is -0.433 e. The van der Waals surface area contributed by atoms with E-state index in [1.807, 2.05) is 0 Å². The molecule has 0 aliphatic rings. The van der Waals surface area contributed by atoms with E-state index >= 15 is 0 Å². The molecule has 0 fully saturated rings. The van der Waals surface area contributed by atoms with Crippen LogP contribution in [0.4, 0.5) is 18.9 Å². The van der Waals surface area contributed by atoms with Crippen molar-refractivity contribution >= 4 is 40.3 Å². The molecule has 3 rings (SSSR count). The summed E-state index contributed by atoms with van der Waals surface area (Å²) in [4.78, 5) is 24.1. The highest BCUT2D eigenvalue weighted by Gasteiger charge is 2.18. The molecule has 30 heavy (non-hydrogen) atoms. The van der Waals surface area contributed by atoms with Crippen LogP contribution < -0.4 is 10.1 Å². The van der Waals surface area contributed by atoms with Crippen LogP contribution in [0.1, 0.15) is 15.4 Å². The smallest absolute Gasteiger partial charge is 0.387 e. The summed E-state index contributed by atoms with van der Waals surface area (Å²) >= 11 is 6.48. The van der Waals surface area contributed by atoms with Crippen molar-refractivity contribution < 1.29 is 27.5 Å². The van der Waals surface area contributed by atoms with Gasteiger partial charge < -0.3 is 10.1 Å². The number of halogens is 4. The minimum atomic E-state index is -3.11. The molecule has 0 bridgehead atoms. The van der Waals surface area contributed by atoms with E-state index in [9.17, 15) is 22.8 Å². The van der Waals surface area contributed by atoms with Gasteiger partial charge in [0.2, 0.25) is 5.91 Å². The predicted octanol–water partition coefficient (Wildman–Crippen LogP) is 4.55. The van der Waals surface area contributed by atoms with Gasteiger partial charge in [-0.25, -0.2) is 4.39 Å². The number of Topliss-reactive ketones (excluding diaryl/α,β-unsaturated/α-hetero) is 1. The van der Waals surface area contributed by atoms with E-state index in [0.717, 1.165) is 17.4 Å². The number of ether oxygens (including phenoxy) is 1. The van der Waals surface area contributed by atoms with Crippen LogP contribution in [0.15, 0.2) is 42.5 Å². The topological polar surface area (TPSA) is 81.2 Å². The maximum Gasteiger partial charge on any atom is 0.387 e. The van der Waals surface area contributed by atoms with Crippen molar-refractivity contribution in [2.24, 2.45) is 0 Å². The van der Waals surface area contributed by atoms with Crippen LogP contribution in [0.25, 0.3) is 10.6 Å². The monoisotopic (exact) mass is 455 g/mol. The molecule has 0 spiro atoms. The molecule has 156 valence electrons. The van der Waals surface area contributed by atoms with Gasteiger partial charge in [0.15, 0.2) is 10.8 Å². The molecule has 0 saturated carbocycles. The maximum absolute atomic E-state index is 13.9. The van der Waals surface area contributed by atoms with Gasteiger partial charge in [-0.2, -0.15) is 8.78 Å². The molecule has 0 atom stereocenters. The molecule has 1 aromatic heterocycles. The first-order valence-corrected chi connectivity index (χ1v) is 9.77. The Kier molecular flexibility index (Phi) is 7.01. The zero-order valence-corrected chi connectivity index (χ0v) is 16.6. The highest BCUT2D eigenvalue weighted by Crippen LogP contribution is 2.29. The third-order valence-electron chi connectivity index (χ3n) is 3.80. The largest absolute Gasteiger partial charge is 0.433 e. The lowest BCUT2D eigenvalue weighted by Gasteiger charge is -2.12. The summed E-state index contributed by atoms with van der Waals surface area (Å²) in [6, 6.07) is 9.69. The molecule has 1 amide bonds. The van der Waals surface area contributed by atoms with Crippen LogP contribution in [0, 0.1) is 5.82 Å². The van der Waals surface area contributed by atoms with Crippen LogP contribution >= 0.6 is 22.9 Å². The fourth-order valence-corrected chi connectivity index (χ4v) is 3.42. The average molecular weight is 456 g/mol. The summed E-state index contributed by atoms with van der Waals surface area (Å²) in [5, 5.41) is 10.8. The lowest BCUT2D eigenvalue weighted by molar-refractivity contribution is -0.114. The normalized spacial score (nSPS) is 10.8. The molecule has 0 unspecified atom stereocenters. The molecule has 3 aromatic rings. The van der Waals surface area contributed by atoms with Gasteiger partial charge in [0.05, 0.1) is 12.1 Å². The van der Waals surface area contributed by atoms with Gasteiger partial charge in [-0.1, -0.05) is 23.5 Å². The Hall–Kier alpha value is -2.98. The number of nitrogens with zero attached hydrogens (tertiary/aromatic N) is 2. The average Bonchev–Trinajstić information content (AvgIpc) is 3.17. The number of nitrogens with one attached hydrogen (secondary N) is 1. The molecular weight excluding hydrogens is 443 g/mol. The SMILES string of the molecule is O=C(CCl)Nc1cc(C(=O)Cc2nnc(-c3ccccc3F)s2)ccc1OC(F)F. The molecule has 0 aliphatic carbocycles. The zero-order valence-electron chi connectivity index (χ0n) is 15.1. The van der Waals surface area contributed by atoms with E-state index in [0.29, 0.717) is 10.0 Å². The minimum absolute atomic E-state index is 0.115. The van der Waals surface area contributed by atoms with Crippen molar-refractivity contribution in [3.05, 3.63) is 58.9 Å². The Balaban J connectivity index is 1.80. The number of carbonyl (C=O) groups excluding carboxylic acids is 2. The number of benzene rings is 2. The van der Waals surface area contributed by atoms with Crippen LogP contribution in [0.2, 0.25) is 0 Å². The fraction of sp³-hybridized carbons (Fsp3) is 0.158. The second kappa shape index (κ2) is 9.68. The van der Waals surface area contributed by atoms with Crippen LogP contribution in [0.3, 0.4) is 0 Å². The number of ketones is 1. The third-order valence-corrected chi connectivity index (χ3v) is 5.00. The third kappa shape index (κ3) is 5.33. The molecule has 0 aliphatic heterocycles. The molecule has 6 nitrogen and oxygen atoms in total. The molecule has 0 saturated heterocycles. The van der Waals surface area contributed by atoms with E-state index in [1.54, 1.807) is 18.2 Å². The van der Waals surface area contributed by atoms with E-state index in [1.165, 1.54) is 18.2 Å². The lowest BCUT2D eigenvalue weighted by atomic mass is 10.1. The number of rotatable bonds is 8. The Morgan fingerprint density at radius 1 is 1.17 bits per heavy atom. The number of amides is 1. The first kappa shape index (κ1) is 21.7. The molecular formula is C19H13ClF3N3O3S. The Bertz CT molecular complexity index is 1080. The number of carbonyl (C=O) groups is 2. The molecule has 0 radical (unpaired) electrons. The highest BCUT2D eigenvalue weighted by atomic mass is 35.5. The predicted molar refractivity (Wildman–Crippen MR) is 106 cm³/mol. The van der Waals surface area contributed by atoms with Crippen LogP contribution in [-0.2, 0) is 11.2 Å². The summed E-state index contributed by atoms with van der Waals surface area (Å²) in [6.45, 7) is -3.11. The van der Waals surface area contributed by atoms with Crippen molar-refractivity contribution in [2.45, 2.75) is 13.0 Å². The lowest BCUT2D eigenvalue weighted by Crippen LogP contribution is -2.15. The quantitative estimate of drug-likeness (QED) is 0.398. The molecule has 1 N–H and O–H groups in total. The summed E-state index contributed by atoms with van der Waals surface area (Å²) < 4.78 is 43.4. The van der Waals surface area contributed by atoms with Gasteiger partial charge in [-0.05, 0) is 30.3 Å². The van der Waals surface area contributed by atoms with Gasteiger partial charge in [0.1, 0.15) is 22.5 Å². The first-order valence-electron chi connectivity index (χ1n) is 8.42. The standard InChI is InChI=1S/C19H13ClF3N3O3S/c20-9-16(28)24-13-7-10(5-6-15(13)29-19(22)23)14(27)8-17-25-26-18(30-17)11-3-1-2-4-12(11)21/h1-7,19H,8-9H2,(H,24,28). The summed E-state index contributed by atoms with van der Waals surface area (Å²) in [5.41, 5.74) is 0.286. The van der Waals surface area contributed by atoms with Crippen LogP contribution in [0.5, 0.6) is 5.75 Å². The Labute approximate surface area is 177 Å². The van der Waals surface area contributed by atoms with Crippen molar-refractivity contribution in [1.29, 1.82) is 0 Å². The van der Waals surface area contributed by atoms with Crippen molar-refractivity contribution in [3.8, 4) is 16.3 Å². The van der Waals surface area contributed by atoms with Crippen molar-refractivity contribution in [3.63, 3.8) is 0 Å². The fourth-order valence-electron chi connectivity index (χ4n) is 2.49. The number of aromatic nitrogens is 2. The number of hydrogen-bond donors (Lipinski definition) is 1. The van der Waals surface area contributed by atoms with Crippen molar-refractivity contribution in [2.75, 3.05) is 11.2 Å². The van der Waals surface area contributed by atoms with E-state index < -0.39 is 30.0 Å². The summed E-state index contributed by atoms with van der Waals surface area (Å²) in [6.07, 6.45) is -0.149. The van der Waals surface area contributed by atoms with Gasteiger partial charge >= 0.3 is 6.61 Å². The molecule has 11 heteroatoms. The van der Waals surface area contributed by atoms with Gasteiger partial charge in [-0.15, -0.1) is 21.8 Å². The van der Waals surface area contributed by atoms with E-state index in [2.05, 4.69) is 20.3 Å².